The number of methoxy groups -OCH3 is 2. The molecule has 1 heterocycles. The molecule has 0 fully saturated rings. The van der Waals surface area contributed by atoms with Crippen LogP contribution in [0.1, 0.15) is 24.2 Å². The van der Waals surface area contributed by atoms with Gasteiger partial charge in [-0.15, -0.1) is 0 Å². The van der Waals surface area contributed by atoms with Gasteiger partial charge in [-0.05, 0) is 26.0 Å². The number of benzene rings is 1. The molecule has 0 unspecified atom stereocenters. The molecule has 0 aliphatic rings. The molecule has 0 saturated carbocycles. The van der Waals surface area contributed by atoms with E-state index in [9.17, 15) is 9.90 Å². The number of hydrogen-bond donors (Lipinski definition) is 1. The van der Waals surface area contributed by atoms with Gasteiger partial charge in [0.25, 0.3) is 0 Å². The van der Waals surface area contributed by atoms with Crippen molar-refractivity contribution in [3.05, 3.63) is 23.9 Å². The Bertz CT molecular complexity index is 696. The second-order valence-corrected chi connectivity index (χ2v) is 4.69. The van der Waals surface area contributed by atoms with Gasteiger partial charge in [-0.2, -0.15) is 0 Å². The van der Waals surface area contributed by atoms with Crippen molar-refractivity contribution in [3.8, 4) is 11.5 Å². The normalized spacial score (nSPS) is 10.5. The Labute approximate surface area is 129 Å². The van der Waals surface area contributed by atoms with Crippen LogP contribution in [-0.4, -0.2) is 43.4 Å². The van der Waals surface area contributed by atoms with Gasteiger partial charge < -0.3 is 19.5 Å². The maximum absolute atomic E-state index is 11.6. The Balaban J connectivity index is 2.96. The number of aromatic nitrogens is 1. The number of carboxylic acid groups (broad SMARTS) is 1. The summed E-state index contributed by atoms with van der Waals surface area (Å²) in [6.45, 7) is 5.31. The molecule has 6 nitrogen and oxygen atoms in total. The van der Waals surface area contributed by atoms with Crippen molar-refractivity contribution in [2.24, 2.45) is 0 Å². The minimum Gasteiger partial charge on any atom is -0.496 e. The number of hydrogen-bond acceptors (Lipinski definition) is 5. The number of carboxylic acids is 1. The lowest BCUT2D eigenvalue weighted by Gasteiger charge is -2.25. The first-order valence-electron chi connectivity index (χ1n) is 7.10. The molecule has 0 aliphatic heterocycles. The van der Waals surface area contributed by atoms with Crippen molar-refractivity contribution >= 4 is 22.6 Å². The number of nitrogens with zero attached hydrogens (tertiary/aromatic N) is 2. The maximum Gasteiger partial charge on any atom is 0.339 e. The van der Waals surface area contributed by atoms with Crippen molar-refractivity contribution < 1.29 is 19.4 Å². The highest BCUT2D eigenvalue weighted by Crippen LogP contribution is 2.40. The number of fused-ring (bicyclic) bond motifs is 1. The Morgan fingerprint density at radius 2 is 1.77 bits per heavy atom. The van der Waals surface area contributed by atoms with Gasteiger partial charge in [-0.1, -0.05) is 0 Å². The van der Waals surface area contributed by atoms with E-state index in [0.717, 1.165) is 0 Å². The summed E-state index contributed by atoms with van der Waals surface area (Å²) in [7, 11) is 3.12. The highest BCUT2D eigenvalue weighted by Gasteiger charge is 2.23. The largest absolute Gasteiger partial charge is 0.496 e. The van der Waals surface area contributed by atoms with Crippen molar-refractivity contribution in [1.82, 2.24) is 4.98 Å². The monoisotopic (exact) mass is 304 g/mol. The molecule has 118 valence electrons. The molecule has 2 rings (SSSR count). The molecule has 0 aliphatic carbocycles. The van der Waals surface area contributed by atoms with Gasteiger partial charge in [0.2, 0.25) is 0 Å². The van der Waals surface area contributed by atoms with Gasteiger partial charge in [0.1, 0.15) is 22.6 Å². The number of carbonyl (C=O) groups is 1. The van der Waals surface area contributed by atoms with Crippen molar-refractivity contribution in [2.45, 2.75) is 13.8 Å². The summed E-state index contributed by atoms with van der Waals surface area (Å²) < 4.78 is 10.8. The summed E-state index contributed by atoms with van der Waals surface area (Å²) in [5, 5.41) is 10.2. The van der Waals surface area contributed by atoms with Crippen LogP contribution in [0, 0.1) is 0 Å². The average Bonchev–Trinajstić information content (AvgIpc) is 2.54. The van der Waals surface area contributed by atoms with E-state index in [1.54, 1.807) is 26.4 Å². The van der Waals surface area contributed by atoms with Crippen LogP contribution in [0.4, 0.5) is 5.69 Å². The predicted molar refractivity (Wildman–Crippen MR) is 85.4 cm³/mol. The third-order valence-corrected chi connectivity index (χ3v) is 3.67. The summed E-state index contributed by atoms with van der Waals surface area (Å²) in [5.74, 6) is 0.149. The molecule has 0 spiro atoms. The molecule has 6 heteroatoms. The van der Waals surface area contributed by atoms with Gasteiger partial charge in [-0.3, -0.25) is 4.98 Å². The van der Waals surface area contributed by atoms with Gasteiger partial charge >= 0.3 is 5.97 Å². The Hall–Kier alpha value is -2.50. The van der Waals surface area contributed by atoms with Crippen LogP contribution in [0.15, 0.2) is 18.3 Å². The van der Waals surface area contributed by atoms with Crippen LogP contribution in [-0.2, 0) is 0 Å². The van der Waals surface area contributed by atoms with Gasteiger partial charge in [-0.25, -0.2) is 4.79 Å². The fourth-order valence-corrected chi connectivity index (χ4v) is 2.60. The second-order valence-electron chi connectivity index (χ2n) is 4.69. The summed E-state index contributed by atoms with van der Waals surface area (Å²) in [4.78, 5) is 17.9. The molecular weight excluding hydrogens is 284 g/mol. The van der Waals surface area contributed by atoms with E-state index in [2.05, 4.69) is 4.98 Å². The molecule has 1 aromatic carbocycles. The van der Waals surface area contributed by atoms with E-state index in [1.165, 1.54) is 6.20 Å². The van der Waals surface area contributed by atoms with Gasteiger partial charge in [0.05, 0.1) is 25.3 Å². The fraction of sp³-hybridized carbons (Fsp3) is 0.375. The van der Waals surface area contributed by atoms with E-state index >= 15 is 0 Å². The number of rotatable bonds is 6. The first kappa shape index (κ1) is 15.9. The summed E-state index contributed by atoms with van der Waals surface area (Å²) in [5.41, 5.74) is 1.36. The lowest BCUT2D eigenvalue weighted by atomic mass is 10.1. The van der Waals surface area contributed by atoms with Crippen molar-refractivity contribution in [2.75, 3.05) is 32.2 Å². The molecule has 0 amide bonds. The molecule has 1 aromatic heterocycles. The quantitative estimate of drug-likeness (QED) is 0.884. The van der Waals surface area contributed by atoms with Crippen LogP contribution in [0.2, 0.25) is 0 Å². The lowest BCUT2D eigenvalue weighted by Crippen LogP contribution is -2.25. The highest BCUT2D eigenvalue weighted by molar-refractivity contribution is 6.08. The molecule has 0 radical (unpaired) electrons. The Morgan fingerprint density at radius 1 is 1.18 bits per heavy atom. The summed E-state index contributed by atoms with van der Waals surface area (Å²) in [6, 6.07) is 3.53. The zero-order chi connectivity index (χ0) is 16.3. The van der Waals surface area contributed by atoms with Gasteiger partial charge in [0, 0.05) is 19.3 Å². The van der Waals surface area contributed by atoms with E-state index in [1.807, 2.05) is 18.7 Å². The zero-order valence-electron chi connectivity index (χ0n) is 13.2. The second kappa shape index (κ2) is 6.51. The number of aromatic carboxylic acids is 1. The number of pyridine rings is 1. The first-order chi connectivity index (χ1) is 10.6. The number of anilines is 1. The standard InChI is InChI=1S/C16H20N2O4/c1-5-18(6-2)15-10(16(19)20)9-17-14-12(22-4)8-7-11(21-3)13(14)15/h7-9H,5-6H2,1-4H3,(H,19,20). The topological polar surface area (TPSA) is 71.9 Å². The van der Waals surface area contributed by atoms with E-state index in [-0.39, 0.29) is 5.56 Å². The Morgan fingerprint density at radius 3 is 2.27 bits per heavy atom. The summed E-state index contributed by atoms with van der Waals surface area (Å²) in [6.07, 6.45) is 1.38. The third-order valence-electron chi connectivity index (χ3n) is 3.67. The van der Waals surface area contributed by atoms with Crippen LogP contribution in [0.3, 0.4) is 0 Å². The van der Waals surface area contributed by atoms with Crippen LogP contribution in [0.5, 0.6) is 11.5 Å². The third kappa shape index (κ3) is 2.52. The highest BCUT2D eigenvalue weighted by atomic mass is 16.5. The van der Waals surface area contributed by atoms with Crippen molar-refractivity contribution in [1.29, 1.82) is 0 Å². The summed E-state index contributed by atoms with van der Waals surface area (Å²) >= 11 is 0. The molecule has 1 N–H and O–H groups in total. The minimum absolute atomic E-state index is 0.155. The lowest BCUT2D eigenvalue weighted by molar-refractivity contribution is 0.0697. The van der Waals surface area contributed by atoms with Crippen molar-refractivity contribution in [3.63, 3.8) is 0 Å². The van der Waals surface area contributed by atoms with E-state index < -0.39 is 5.97 Å². The van der Waals surface area contributed by atoms with E-state index in [4.69, 9.17) is 9.47 Å². The molecule has 22 heavy (non-hydrogen) atoms. The molecular formula is C16H20N2O4. The van der Waals surface area contributed by atoms with E-state index in [0.29, 0.717) is 41.2 Å². The van der Waals surface area contributed by atoms with Crippen LogP contribution in [0.25, 0.3) is 10.9 Å². The van der Waals surface area contributed by atoms with Crippen LogP contribution < -0.4 is 14.4 Å². The van der Waals surface area contributed by atoms with Gasteiger partial charge in [0.15, 0.2) is 0 Å². The smallest absolute Gasteiger partial charge is 0.339 e. The molecule has 0 atom stereocenters. The SMILES string of the molecule is CCN(CC)c1c(C(=O)O)cnc2c(OC)ccc(OC)c12. The van der Waals surface area contributed by atoms with Crippen LogP contribution >= 0.6 is 0 Å². The number of ether oxygens (including phenoxy) is 2. The maximum atomic E-state index is 11.6. The molecule has 0 saturated heterocycles. The minimum atomic E-state index is -1.01. The fourth-order valence-electron chi connectivity index (χ4n) is 2.60. The molecule has 0 bridgehead atoms. The first-order valence-corrected chi connectivity index (χ1v) is 7.10. The predicted octanol–water partition coefficient (Wildman–Crippen LogP) is 2.80. The Kier molecular flexibility index (Phi) is 4.70. The average molecular weight is 304 g/mol. The zero-order valence-corrected chi connectivity index (χ0v) is 13.2. The molecule has 2 aromatic rings.